The number of ether oxygens (including phenoxy) is 2. The first kappa shape index (κ1) is 20.3. The summed E-state index contributed by atoms with van der Waals surface area (Å²) in [6, 6.07) is 9.93. The van der Waals surface area contributed by atoms with Crippen LogP contribution in [0.5, 0.6) is 0 Å². The predicted molar refractivity (Wildman–Crippen MR) is 117 cm³/mol. The average Bonchev–Trinajstić information content (AvgIpc) is 3.45. The number of carbonyl (C=O) groups excluding carboxylic acids is 1. The molecule has 10 nitrogen and oxygen atoms in total. The lowest BCUT2D eigenvalue weighted by molar-refractivity contribution is -0.114. The molecular formula is C21H25N4O6P. The highest BCUT2D eigenvalue weighted by Gasteiger charge is 2.50. The molecule has 32 heavy (non-hydrogen) atoms. The summed E-state index contributed by atoms with van der Waals surface area (Å²) in [5.74, 6) is -0.169. The van der Waals surface area contributed by atoms with Crippen LogP contribution in [0.2, 0.25) is 0 Å². The number of aromatic nitrogens is 2. The number of rotatable bonds is 5. The lowest BCUT2D eigenvalue weighted by atomic mass is 10.1. The first-order valence-corrected chi connectivity index (χ1v) is 11.4. The van der Waals surface area contributed by atoms with Crippen molar-refractivity contribution in [3.8, 4) is 0 Å². The average molecular weight is 461 g/mol. The number of para-hydroxylation sites is 1. The van der Waals surface area contributed by atoms with Crippen LogP contribution >= 0.6 is 8.53 Å². The van der Waals surface area contributed by atoms with Crippen molar-refractivity contribution in [1.29, 1.82) is 0 Å². The van der Waals surface area contributed by atoms with Gasteiger partial charge < -0.3 is 28.5 Å². The second kappa shape index (κ2) is 8.53. The Bertz CT molecular complexity index is 1100. The third-order valence-corrected chi connectivity index (χ3v) is 7.46. The van der Waals surface area contributed by atoms with E-state index in [9.17, 15) is 9.59 Å². The third kappa shape index (κ3) is 3.72. The number of methoxy groups -OCH3 is 1. The highest BCUT2D eigenvalue weighted by molar-refractivity contribution is 7.49. The van der Waals surface area contributed by atoms with Crippen molar-refractivity contribution in [2.45, 2.75) is 50.8 Å². The van der Waals surface area contributed by atoms with Crippen molar-refractivity contribution in [3.63, 3.8) is 0 Å². The Morgan fingerprint density at radius 2 is 2.19 bits per heavy atom. The van der Waals surface area contributed by atoms with Gasteiger partial charge in [0, 0.05) is 27.3 Å². The molecule has 2 aromatic rings. The summed E-state index contributed by atoms with van der Waals surface area (Å²) in [4.78, 5) is 27.8. The molecule has 0 aliphatic carbocycles. The molecule has 11 heteroatoms. The molecule has 5 rings (SSSR count). The van der Waals surface area contributed by atoms with Gasteiger partial charge >= 0.3 is 5.69 Å². The van der Waals surface area contributed by atoms with E-state index >= 15 is 0 Å². The van der Waals surface area contributed by atoms with Crippen molar-refractivity contribution < 1.29 is 24.7 Å². The first-order valence-electron chi connectivity index (χ1n) is 11.0. The molecule has 4 unspecified atom stereocenters. The largest absolute Gasteiger partial charge is 0.374 e. The van der Waals surface area contributed by atoms with E-state index in [1.807, 2.05) is 12.1 Å². The second-order valence-electron chi connectivity index (χ2n) is 7.88. The molecule has 1 aromatic carbocycles. The number of hydrogen-bond acceptors (Lipinski definition) is 8. The molecule has 1 N–H and O–H groups in total. The molecule has 3 aliphatic rings. The number of carbonyl (C=O) groups is 1. The minimum atomic E-state index is -1.42. The Morgan fingerprint density at radius 1 is 1.34 bits per heavy atom. The Balaban J connectivity index is 1.39. The van der Waals surface area contributed by atoms with E-state index in [1.54, 1.807) is 0 Å². The van der Waals surface area contributed by atoms with E-state index in [1.165, 1.54) is 36.4 Å². The van der Waals surface area contributed by atoms with E-state index < -0.39 is 38.8 Å². The van der Waals surface area contributed by atoms with Gasteiger partial charge in [-0.1, -0.05) is 18.2 Å². The van der Waals surface area contributed by atoms with Crippen LogP contribution in [-0.4, -0.2) is 53.5 Å². The Kier molecular flexibility index (Phi) is 5.40. The van der Waals surface area contributed by atoms with Crippen LogP contribution < -0.4 is 15.7 Å². The molecule has 0 bridgehead atoms. The number of hydrogen-bond donors (Lipinski definition) is 1. The van der Waals surface area contributed by atoms with Crippen molar-refractivity contribution in [2.75, 3.05) is 23.7 Å². The summed E-state index contributed by atoms with van der Waals surface area (Å²) >= 11 is 0. The number of nitrogens with one attached hydrogen (secondary N) is 1. The quantitative estimate of drug-likeness (QED) is 0.676. The third-order valence-electron chi connectivity index (χ3n) is 5.77. The van der Waals surface area contributed by atoms with Crippen molar-refractivity contribution in [2.24, 2.45) is 0 Å². The molecule has 4 heterocycles. The highest BCUT2D eigenvalue weighted by Crippen LogP contribution is 2.58. The van der Waals surface area contributed by atoms with Crippen molar-refractivity contribution in [1.82, 2.24) is 9.55 Å². The summed E-state index contributed by atoms with van der Waals surface area (Å²) in [5, 5.41) is 2.49. The van der Waals surface area contributed by atoms with Gasteiger partial charge in [-0.3, -0.25) is 9.36 Å². The van der Waals surface area contributed by atoms with Crippen LogP contribution in [0, 0.1) is 0 Å². The van der Waals surface area contributed by atoms with Gasteiger partial charge in [-0.15, -0.1) is 0 Å². The number of nitrogens with zero attached hydrogens (tertiary/aromatic N) is 3. The Labute approximate surface area is 187 Å². The van der Waals surface area contributed by atoms with Gasteiger partial charge in [-0.05, 0) is 31.0 Å². The van der Waals surface area contributed by atoms with Gasteiger partial charge in [0.25, 0.3) is 8.53 Å². The van der Waals surface area contributed by atoms with Crippen LogP contribution in [0.4, 0.5) is 11.5 Å². The van der Waals surface area contributed by atoms with E-state index in [0.29, 0.717) is 6.61 Å². The van der Waals surface area contributed by atoms with E-state index in [4.69, 9.17) is 19.9 Å². The second-order valence-corrected chi connectivity index (χ2v) is 9.26. The Morgan fingerprint density at radius 3 is 2.94 bits per heavy atom. The number of amides is 1. The molecule has 0 saturated carbocycles. The molecule has 3 aliphatic heterocycles. The molecule has 2 saturated heterocycles. The van der Waals surface area contributed by atoms with Crippen molar-refractivity contribution >= 4 is 25.9 Å². The minimum absolute atomic E-state index is 0.0730. The van der Waals surface area contributed by atoms with Crippen molar-refractivity contribution in [3.05, 3.63) is 52.6 Å². The van der Waals surface area contributed by atoms with Gasteiger partial charge in [-0.2, -0.15) is 4.98 Å². The first-order chi connectivity index (χ1) is 16.0. The maximum Gasteiger partial charge on any atom is 0.351 e. The monoisotopic (exact) mass is 461 g/mol. The van der Waals surface area contributed by atoms with Crippen LogP contribution in [-0.2, 0) is 29.7 Å². The molecule has 170 valence electrons. The Hall–Kier alpha value is -2.36. The summed E-state index contributed by atoms with van der Waals surface area (Å²) in [6.07, 6.45) is -0.332. The molecule has 0 radical (unpaired) electrons. The molecule has 0 spiro atoms. The topological polar surface area (TPSA) is 104 Å². The molecule has 1 amide bonds. The van der Waals surface area contributed by atoms with Gasteiger partial charge in [0.15, 0.2) is 6.23 Å². The SMILES string of the molecule is [2H]CC1OC(n2ccc(NC(C)=O)nc2=O)C(OC)C1O[P@@]1OC[C@@H]2Cc3ccccc3N21. The van der Waals surface area contributed by atoms with Crippen LogP contribution in [0.25, 0.3) is 0 Å². The number of fused-ring (bicyclic) bond motifs is 3. The lowest BCUT2D eigenvalue weighted by Crippen LogP contribution is -2.38. The fourth-order valence-corrected chi connectivity index (χ4v) is 6.19. The summed E-state index contributed by atoms with van der Waals surface area (Å²) < 4.78 is 35.7. The summed E-state index contributed by atoms with van der Waals surface area (Å²) in [6.45, 7) is 1.83. The number of benzene rings is 1. The molecular weight excluding hydrogens is 435 g/mol. The van der Waals surface area contributed by atoms with E-state index in [0.717, 1.165) is 12.1 Å². The predicted octanol–water partition coefficient (Wildman–Crippen LogP) is 2.21. The summed E-state index contributed by atoms with van der Waals surface area (Å²) in [7, 11) is 0.0994. The smallest absolute Gasteiger partial charge is 0.351 e. The zero-order chi connectivity index (χ0) is 23.1. The van der Waals surface area contributed by atoms with E-state index in [2.05, 4.69) is 27.1 Å². The van der Waals surface area contributed by atoms with Gasteiger partial charge in [0.2, 0.25) is 5.91 Å². The standard InChI is InChI=1S/C21H25N4O6P/c1-12-18(31-32-25-15(11-29-32)10-14-6-4-5-7-16(14)25)19(28-3)20(30-12)24-9-8-17(22-13(2)26)23-21(24)27/h4-9,12,15,18-20H,10-11H2,1-3H3,(H,22,23,26,27)/t12?,15-,18?,19?,20?,32+/m0/s1/i1D. The fourth-order valence-electron chi connectivity index (χ4n) is 4.36. The molecule has 2 fully saturated rings. The zero-order valence-electron chi connectivity index (χ0n) is 18.7. The van der Waals surface area contributed by atoms with E-state index in [-0.39, 0.29) is 24.7 Å². The minimum Gasteiger partial charge on any atom is -0.374 e. The zero-order valence-corrected chi connectivity index (χ0v) is 18.6. The van der Waals surface area contributed by atoms with Crippen LogP contribution in [0.3, 0.4) is 0 Å². The molecule has 1 aromatic heterocycles. The normalized spacial score (nSPS) is 31.3. The maximum absolute atomic E-state index is 12.7. The maximum atomic E-state index is 12.7. The molecule has 6 atom stereocenters. The van der Waals surface area contributed by atoms with Crippen LogP contribution in [0.15, 0.2) is 41.3 Å². The number of anilines is 2. The highest BCUT2D eigenvalue weighted by atomic mass is 31.2. The lowest BCUT2D eigenvalue weighted by Gasteiger charge is -2.29. The van der Waals surface area contributed by atoms with Crippen LogP contribution in [0.1, 0.15) is 27.0 Å². The van der Waals surface area contributed by atoms with Gasteiger partial charge in [0.1, 0.15) is 18.0 Å². The summed E-state index contributed by atoms with van der Waals surface area (Å²) in [5.41, 5.74) is 1.76. The fraction of sp³-hybridized carbons (Fsp3) is 0.476. The van der Waals surface area contributed by atoms with Gasteiger partial charge in [0.05, 0.1) is 18.8 Å². The van der Waals surface area contributed by atoms with Gasteiger partial charge in [-0.25, -0.2) is 4.79 Å².